The normalized spacial score (nSPS) is 13.1. The topological polar surface area (TPSA) is 17.1 Å². The lowest BCUT2D eigenvalue weighted by molar-refractivity contribution is 0.508. The van der Waals surface area contributed by atoms with E-state index in [0.29, 0.717) is 0 Å². The second-order valence-corrected chi connectivity index (χ2v) is 2.51. The molecule has 0 rings (SSSR count). The van der Waals surface area contributed by atoms with Crippen LogP contribution >= 0.6 is 0 Å². The van der Waals surface area contributed by atoms with Gasteiger partial charge in [-0.2, -0.15) is 0 Å². The van der Waals surface area contributed by atoms with Gasteiger partial charge >= 0.3 is 0 Å². The van der Waals surface area contributed by atoms with Crippen molar-refractivity contribution in [2.75, 3.05) is 0 Å². The van der Waals surface area contributed by atoms with E-state index in [-0.39, 0.29) is 5.92 Å². The summed E-state index contributed by atoms with van der Waals surface area (Å²) < 4.78 is 0. The molecule has 1 unspecified atom stereocenters. The zero-order chi connectivity index (χ0) is 7.11. The molecule has 1 nitrogen and oxygen atoms in total. The van der Waals surface area contributed by atoms with Gasteiger partial charge in [-0.05, 0) is 6.42 Å². The fourth-order valence-corrected chi connectivity index (χ4v) is 0.759. The predicted molar refractivity (Wildman–Crippen MR) is 39.0 cm³/mol. The summed E-state index contributed by atoms with van der Waals surface area (Å²) in [6.45, 7) is 4.08. The van der Waals surface area contributed by atoms with Crippen molar-refractivity contribution in [2.24, 2.45) is 5.92 Å². The summed E-state index contributed by atoms with van der Waals surface area (Å²) in [5.74, 6) is 0.150. The average molecular weight is 127 g/mol. The van der Waals surface area contributed by atoms with Crippen LogP contribution in [0.5, 0.6) is 0 Å². The molecule has 0 aliphatic rings. The summed E-state index contributed by atoms with van der Waals surface area (Å²) in [6, 6.07) is 0. The van der Waals surface area contributed by atoms with Crippen LogP contribution in [0.3, 0.4) is 0 Å². The molecule has 0 N–H and O–H groups in total. The van der Waals surface area contributed by atoms with Gasteiger partial charge in [-0.1, -0.05) is 33.1 Å². The number of carbonyl (C=O) groups excluding carboxylic acids is 1. The standard InChI is InChI=1S/C8H15O/c1-3-4-5-6-8(2)7-9/h8H,3-6H2,1-2H3. The second kappa shape index (κ2) is 5.80. The van der Waals surface area contributed by atoms with Gasteiger partial charge in [-0.25, -0.2) is 0 Å². The number of rotatable bonds is 5. The number of hydrogen-bond donors (Lipinski definition) is 0. The third-order valence-electron chi connectivity index (χ3n) is 1.44. The molecule has 0 saturated carbocycles. The molecule has 0 aliphatic carbocycles. The van der Waals surface area contributed by atoms with Crippen LogP contribution in [-0.2, 0) is 4.79 Å². The molecule has 1 atom stereocenters. The van der Waals surface area contributed by atoms with E-state index in [1.54, 1.807) is 0 Å². The lowest BCUT2D eigenvalue weighted by Crippen LogP contribution is -1.94. The van der Waals surface area contributed by atoms with Crippen LogP contribution in [0.15, 0.2) is 0 Å². The van der Waals surface area contributed by atoms with Crippen molar-refractivity contribution < 1.29 is 4.79 Å². The summed E-state index contributed by atoms with van der Waals surface area (Å²) in [6.07, 6.45) is 6.63. The first kappa shape index (κ1) is 8.67. The molecule has 0 aromatic heterocycles. The second-order valence-electron chi connectivity index (χ2n) is 2.51. The van der Waals surface area contributed by atoms with Crippen LogP contribution in [0.2, 0.25) is 0 Å². The third-order valence-corrected chi connectivity index (χ3v) is 1.44. The van der Waals surface area contributed by atoms with Crippen LogP contribution in [0.25, 0.3) is 0 Å². The Morgan fingerprint density at radius 2 is 2.11 bits per heavy atom. The molecule has 9 heavy (non-hydrogen) atoms. The molecule has 1 radical (unpaired) electrons. The first-order chi connectivity index (χ1) is 4.31. The highest BCUT2D eigenvalue weighted by Gasteiger charge is 1.97. The van der Waals surface area contributed by atoms with E-state index in [9.17, 15) is 4.79 Å². The van der Waals surface area contributed by atoms with Gasteiger partial charge in [0.25, 0.3) is 0 Å². The third kappa shape index (κ3) is 5.54. The lowest BCUT2D eigenvalue weighted by Gasteiger charge is -1.98. The van der Waals surface area contributed by atoms with Crippen LogP contribution in [-0.4, -0.2) is 6.29 Å². The Bertz CT molecular complexity index is 69.0. The van der Waals surface area contributed by atoms with E-state index in [1.807, 2.05) is 13.2 Å². The summed E-state index contributed by atoms with van der Waals surface area (Å²) in [4.78, 5) is 9.97. The summed E-state index contributed by atoms with van der Waals surface area (Å²) in [5.41, 5.74) is 0. The fraction of sp³-hybridized carbons (Fsp3) is 0.875. The molecular weight excluding hydrogens is 112 g/mol. The van der Waals surface area contributed by atoms with Crippen molar-refractivity contribution in [1.82, 2.24) is 0 Å². The SMILES string of the molecule is CCCCCC(C)[C]=O. The van der Waals surface area contributed by atoms with Crippen LogP contribution in [0.4, 0.5) is 0 Å². The Hall–Kier alpha value is -0.330. The van der Waals surface area contributed by atoms with Crippen molar-refractivity contribution in [3.05, 3.63) is 0 Å². The first-order valence-corrected chi connectivity index (χ1v) is 3.69. The fourth-order valence-electron chi connectivity index (χ4n) is 0.759. The summed E-state index contributed by atoms with van der Waals surface area (Å²) >= 11 is 0. The smallest absolute Gasteiger partial charge is 0.201 e. The molecule has 1 heteroatoms. The van der Waals surface area contributed by atoms with E-state index >= 15 is 0 Å². The molecule has 0 amide bonds. The van der Waals surface area contributed by atoms with Gasteiger partial charge in [0, 0.05) is 5.92 Å². The minimum atomic E-state index is 0.150. The Labute approximate surface area is 57.5 Å². The van der Waals surface area contributed by atoms with Crippen molar-refractivity contribution in [2.45, 2.75) is 39.5 Å². The molecule has 0 bridgehead atoms. The predicted octanol–water partition coefficient (Wildman–Crippen LogP) is 2.31. The maximum atomic E-state index is 9.97. The highest BCUT2D eigenvalue weighted by Crippen LogP contribution is 2.05. The molecule has 0 saturated heterocycles. The highest BCUT2D eigenvalue weighted by atomic mass is 16.1. The van der Waals surface area contributed by atoms with Crippen LogP contribution in [0, 0.1) is 5.92 Å². The molecule has 0 aromatic carbocycles. The Kier molecular flexibility index (Phi) is 5.59. The monoisotopic (exact) mass is 127 g/mol. The van der Waals surface area contributed by atoms with Crippen molar-refractivity contribution in [3.8, 4) is 0 Å². The molecule has 0 spiro atoms. The number of hydrogen-bond acceptors (Lipinski definition) is 1. The quantitative estimate of drug-likeness (QED) is 0.518. The minimum Gasteiger partial charge on any atom is -0.291 e. The molecular formula is C8H15O. The largest absolute Gasteiger partial charge is 0.291 e. The zero-order valence-electron chi connectivity index (χ0n) is 6.31. The van der Waals surface area contributed by atoms with E-state index in [2.05, 4.69) is 6.92 Å². The molecule has 0 aromatic rings. The van der Waals surface area contributed by atoms with E-state index in [0.717, 1.165) is 6.42 Å². The lowest BCUT2D eigenvalue weighted by atomic mass is 10.1. The summed E-state index contributed by atoms with van der Waals surface area (Å²) in [5, 5.41) is 0. The Balaban J connectivity index is 2.96. The Morgan fingerprint density at radius 1 is 1.44 bits per heavy atom. The van der Waals surface area contributed by atoms with E-state index in [1.165, 1.54) is 19.3 Å². The van der Waals surface area contributed by atoms with Gasteiger partial charge in [0.15, 0.2) is 0 Å². The average Bonchev–Trinajstić information content (AvgIpc) is 1.89. The van der Waals surface area contributed by atoms with E-state index in [4.69, 9.17) is 0 Å². The van der Waals surface area contributed by atoms with Gasteiger partial charge in [0.2, 0.25) is 6.29 Å². The highest BCUT2D eigenvalue weighted by molar-refractivity contribution is 5.53. The molecule has 0 fully saturated rings. The molecule has 53 valence electrons. The maximum absolute atomic E-state index is 9.97. The van der Waals surface area contributed by atoms with Crippen molar-refractivity contribution in [3.63, 3.8) is 0 Å². The minimum absolute atomic E-state index is 0.150. The summed E-state index contributed by atoms with van der Waals surface area (Å²) in [7, 11) is 0. The maximum Gasteiger partial charge on any atom is 0.201 e. The van der Waals surface area contributed by atoms with Gasteiger partial charge in [0.05, 0.1) is 0 Å². The van der Waals surface area contributed by atoms with Gasteiger partial charge in [-0.15, -0.1) is 0 Å². The van der Waals surface area contributed by atoms with Gasteiger partial charge in [-0.3, -0.25) is 4.79 Å². The van der Waals surface area contributed by atoms with Crippen molar-refractivity contribution >= 4 is 6.29 Å². The Morgan fingerprint density at radius 3 is 2.56 bits per heavy atom. The van der Waals surface area contributed by atoms with Crippen LogP contribution in [0.1, 0.15) is 39.5 Å². The zero-order valence-corrected chi connectivity index (χ0v) is 6.31. The number of unbranched alkanes of at least 4 members (excludes halogenated alkanes) is 2. The van der Waals surface area contributed by atoms with Gasteiger partial charge < -0.3 is 0 Å². The van der Waals surface area contributed by atoms with Crippen molar-refractivity contribution in [1.29, 1.82) is 0 Å². The van der Waals surface area contributed by atoms with Gasteiger partial charge in [0.1, 0.15) is 0 Å². The molecule has 0 heterocycles. The van der Waals surface area contributed by atoms with Crippen LogP contribution < -0.4 is 0 Å². The first-order valence-electron chi connectivity index (χ1n) is 3.69. The van der Waals surface area contributed by atoms with E-state index < -0.39 is 0 Å². The molecule has 0 aliphatic heterocycles.